The first-order valence-corrected chi connectivity index (χ1v) is 4.33. The lowest BCUT2D eigenvalue weighted by molar-refractivity contribution is -0.131. The van der Waals surface area contributed by atoms with Gasteiger partial charge in [-0.05, 0) is 23.8 Å². The molecule has 0 aromatic heterocycles. The topological polar surface area (TPSA) is 57.5 Å². The quantitative estimate of drug-likeness (QED) is 0.558. The molecular weight excluding hydrogens is 192 g/mol. The highest BCUT2D eigenvalue weighted by atomic mass is 16.4. The predicted molar refractivity (Wildman–Crippen MR) is 57.1 cm³/mol. The van der Waals surface area contributed by atoms with Crippen molar-refractivity contribution in [1.82, 2.24) is 0 Å². The van der Waals surface area contributed by atoms with E-state index < -0.39 is 5.97 Å². The maximum Gasteiger partial charge on any atom is 0.328 e. The third kappa shape index (κ3) is 4.12. The minimum atomic E-state index is -0.984. The molecule has 3 heteroatoms. The fraction of sp³-hybridized carbons (Fsp3) is 0.0833. The molecule has 15 heavy (non-hydrogen) atoms. The molecule has 1 rings (SSSR count). The van der Waals surface area contributed by atoms with Crippen molar-refractivity contribution in [1.29, 1.82) is 0 Å². The van der Waals surface area contributed by atoms with Gasteiger partial charge in [-0.15, -0.1) is 0 Å². The van der Waals surface area contributed by atoms with Gasteiger partial charge in [0.05, 0.1) is 0 Å². The zero-order valence-corrected chi connectivity index (χ0v) is 7.97. The average Bonchev–Trinajstić information content (AvgIpc) is 2.24. The number of hydrogen-bond donors (Lipinski definition) is 2. The van der Waals surface area contributed by atoms with Crippen LogP contribution >= 0.6 is 0 Å². The van der Waals surface area contributed by atoms with Crippen LogP contribution in [0.25, 0.3) is 6.08 Å². The molecule has 0 fully saturated rings. The molecule has 0 saturated heterocycles. The number of carbonyl (C=O) groups is 1. The van der Waals surface area contributed by atoms with Crippen LogP contribution < -0.4 is 0 Å². The second kappa shape index (κ2) is 5.63. The molecule has 1 aromatic carbocycles. The molecule has 0 saturated carbocycles. The van der Waals surface area contributed by atoms with Crippen molar-refractivity contribution in [2.75, 3.05) is 6.61 Å². The number of rotatable bonds is 2. The maximum atomic E-state index is 10.3. The number of benzene rings is 1. The van der Waals surface area contributed by atoms with Gasteiger partial charge in [0.1, 0.15) is 6.61 Å². The van der Waals surface area contributed by atoms with Crippen LogP contribution in [0.4, 0.5) is 0 Å². The lowest BCUT2D eigenvalue weighted by Crippen LogP contribution is -1.86. The first-order chi connectivity index (χ1) is 7.22. The van der Waals surface area contributed by atoms with Crippen LogP contribution in [-0.2, 0) is 4.79 Å². The lowest BCUT2D eigenvalue weighted by atomic mass is 10.1. The Morgan fingerprint density at radius 1 is 1.47 bits per heavy atom. The Kier molecular flexibility index (Phi) is 4.14. The molecule has 0 heterocycles. The van der Waals surface area contributed by atoms with Gasteiger partial charge >= 0.3 is 5.97 Å². The summed E-state index contributed by atoms with van der Waals surface area (Å²) in [5.41, 5.74) is 1.51. The van der Waals surface area contributed by atoms with E-state index >= 15 is 0 Å². The summed E-state index contributed by atoms with van der Waals surface area (Å²) >= 11 is 0. The van der Waals surface area contributed by atoms with Gasteiger partial charge in [0.2, 0.25) is 0 Å². The summed E-state index contributed by atoms with van der Waals surface area (Å²) < 4.78 is 0. The van der Waals surface area contributed by atoms with Gasteiger partial charge in [-0.25, -0.2) is 4.79 Å². The van der Waals surface area contributed by atoms with Gasteiger partial charge in [0.15, 0.2) is 0 Å². The molecule has 0 bridgehead atoms. The van der Waals surface area contributed by atoms with Crippen LogP contribution in [0.5, 0.6) is 0 Å². The molecule has 0 spiro atoms. The summed E-state index contributed by atoms with van der Waals surface area (Å²) in [4.78, 5) is 10.3. The van der Waals surface area contributed by atoms with E-state index in [0.29, 0.717) is 0 Å². The highest BCUT2D eigenvalue weighted by Crippen LogP contribution is 2.05. The van der Waals surface area contributed by atoms with Crippen LogP contribution in [-0.4, -0.2) is 22.8 Å². The zero-order valence-electron chi connectivity index (χ0n) is 7.97. The molecular formula is C12H10O3. The van der Waals surface area contributed by atoms with E-state index in [9.17, 15) is 4.79 Å². The fourth-order valence-electron chi connectivity index (χ4n) is 1.03. The Morgan fingerprint density at radius 2 is 2.27 bits per heavy atom. The average molecular weight is 202 g/mol. The number of carboxylic acids is 1. The van der Waals surface area contributed by atoms with E-state index in [-0.39, 0.29) is 6.61 Å². The molecule has 0 aliphatic carbocycles. The van der Waals surface area contributed by atoms with Crippen molar-refractivity contribution in [2.24, 2.45) is 0 Å². The van der Waals surface area contributed by atoms with Gasteiger partial charge < -0.3 is 10.2 Å². The molecule has 3 nitrogen and oxygen atoms in total. The molecule has 2 N–H and O–H groups in total. The molecule has 0 atom stereocenters. The summed E-state index contributed by atoms with van der Waals surface area (Å²) in [6.07, 6.45) is 2.56. The third-order valence-electron chi connectivity index (χ3n) is 1.62. The second-order valence-electron chi connectivity index (χ2n) is 2.76. The Bertz CT molecular complexity index is 436. The van der Waals surface area contributed by atoms with E-state index in [0.717, 1.165) is 17.2 Å². The third-order valence-corrected chi connectivity index (χ3v) is 1.62. The number of hydrogen-bond acceptors (Lipinski definition) is 2. The van der Waals surface area contributed by atoms with Gasteiger partial charge in [0.25, 0.3) is 0 Å². The molecule has 0 aliphatic rings. The Labute approximate surface area is 87.7 Å². The Balaban J connectivity index is 2.87. The summed E-state index contributed by atoms with van der Waals surface area (Å²) in [6, 6.07) is 7.11. The van der Waals surface area contributed by atoms with Crippen molar-refractivity contribution in [3.05, 3.63) is 41.5 Å². The molecule has 76 valence electrons. The number of aliphatic hydroxyl groups is 1. The SMILES string of the molecule is O=C(O)/C=C/c1cccc(C#CCO)c1. The van der Waals surface area contributed by atoms with E-state index in [1.807, 2.05) is 0 Å². The molecule has 0 amide bonds. The number of carboxylic acid groups (broad SMARTS) is 1. The molecule has 0 radical (unpaired) electrons. The summed E-state index contributed by atoms with van der Waals surface area (Å²) in [5, 5.41) is 16.9. The zero-order chi connectivity index (χ0) is 11.1. The van der Waals surface area contributed by atoms with Crippen molar-refractivity contribution in [2.45, 2.75) is 0 Å². The summed E-state index contributed by atoms with van der Waals surface area (Å²) in [6.45, 7) is -0.185. The van der Waals surface area contributed by atoms with Crippen molar-refractivity contribution >= 4 is 12.0 Å². The van der Waals surface area contributed by atoms with E-state index in [4.69, 9.17) is 10.2 Å². The number of aliphatic carboxylic acids is 1. The van der Waals surface area contributed by atoms with Gasteiger partial charge in [-0.2, -0.15) is 0 Å². The number of aliphatic hydroxyl groups excluding tert-OH is 1. The second-order valence-corrected chi connectivity index (χ2v) is 2.76. The van der Waals surface area contributed by atoms with E-state index in [1.165, 1.54) is 6.08 Å². The first kappa shape index (κ1) is 11.0. The van der Waals surface area contributed by atoms with E-state index in [1.54, 1.807) is 24.3 Å². The van der Waals surface area contributed by atoms with Gasteiger partial charge in [-0.3, -0.25) is 0 Å². The summed E-state index contributed by atoms with van der Waals surface area (Å²) in [7, 11) is 0. The summed E-state index contributed by atoms with van der Waals surface area (Å²) in [5.74, 6) is 4.28. The Morgan fingerprint density at radius 3 is 2.93 bits per heavy atom. The normalized spacial score (nSPS) is 9.67. The van der Waals surface area contributed by atoms with Crippen molar-refractivity contribution in [3.63, 3.8) is 0 Å². The molecule has 1 aromatic rings. The van der Waals surface area contributed by atoms with Crippen LogP contribution in [0.2, 0.25) is 0 Å². The van der Waals surface area contributed by atoms with Gasteiger partial charge in [0, 0.05) is 11.6 Å². The van der Waals surface area contributed by atoms with E-state index in [2.05, 4.69) is 11.8 Å². The fourth-order valence-corrected chi connectivity index (χ4v) is 1.03. The van der Waals surface area contributed by atoms with Crippen molar-refractivity contribution < 1.29 is 15.0 Å². The first-order valence-electron chi connectivity index (χ1n) is 4.33. The highest BCUT2D eigenvalue weighted by molar-refractivity contribution is 5.85. The minimum absolute atomic E-state index is 0.185. The van der Waals surface area contributed by atoms with Crippen LogP contribution in [0, 0.1) is 11.8 Å². The molecule has 0 aliphatic heterocycles. The smallest absolute Gasteiger partial charge is 0.328 e. The predicted octanol–water partition coefficient (Wildman–Crippen LogP) is 1.13. The molecule has 0 unspecified atom stereocenters. The highest BCUT2D eigenvalue weighted by Gasteiger charge is 1.91. The largest absolute Gasteiger partial charge is 0.478 e. The van der Waals surface area contributed by atoms with Crippen LogP contribution in [0.15, 0.2) is 30.3 Å². The van der Waals surface area contributed by atoms with Crippen LogP contribution in [0.1, 0.15) is 11.1 Å². The maximum absolute atomic E-state index is 10.3. The minimum Gasteiger partial charge on any atom is -0.478 e. The van der Waals surface area contributed by atoms with Crippen molar-refractivity contribution in [3.8, 4) is 11.8 Å². The monoisotopic (exact) mass is 202 g/mol. The van der Waals surface area contributed by atoms with Crippen LogP contribution in [0.3, 0.4) is 0 Å². The lowest BCUT2D eigenvalue weighted by Gasteiger charge is -1.93. The van der Waals surface area contributed by atoms with Gasteiger partial charge in [-0.1, -0.05) is 24.0 Å². The standard InChI is InChI=1S/C12H10O3/c13-8-2-5-10-3-1-4-11(9-10)6-7-12(14)15/h1,3-4,6-7,9,13H,8H2,(H,14,15)/b7-6+. The Hall–Kier alpha value is -2.05.